The lowest BCUT2D eigenvalue weighted by Gasteiger charge is -2.27. The average molecular weight is 397 g/mol. The molecule has 2 saturated heterocycles. The lowest BCUT2D eigenvalue weighted by Crippen LogP contribution is -2.33. The lowest BCUT2D eigenvalue weighted by atomic mass is 9.88. The standard InChI is InChI=1S/C19H22F2N4O.ClH/c1-11-5-3-4-6-13(11)17-14-10-25(9-12(14)8-24(17)2)19(26)16-7-15(18(20)21)22-23-16;/h3-7,12,14,17-18H,8-10H2,1-2H3,(H,22,23);1H/t12-,14+,17-;/m0./s1. The van der Waals surface area contributed by atoms with Crippen molar-refractivity contribution in [3.05, 3.63) is 52.8 Å². The fourth-order valence-corrected chi connectivity index (χ4v) is 4.53. The van der Waals surface area contributed by atoms with Gasteiger partial charge in [0.25, 0.3) is 12.3 Å². The first-order valence-corrected chi connectivity index (χ1v) is 8.84. The van der Waals surface area contributed by atoms with Crippen LogP contribution in [-0.2, 0) is 0 Å². The second kappa shape index (κ2) is 7.56. The van der Waals surface area contributed by atoms with Crippen molar-refractivity contribution in [3.8, 4) is 0 Å². The monoisotopic (exact) mass is 396 g/mol. The first kappa shape index (κ1) is 19.8. The molecule has 0 spiro atoms. The lowest BCUT2D eigenvalue weighted by molar-refractivity contribution is 0.0762. The van der Waals surface area contributed by atoms with Crippen molar-refractivity contribution < 1.29 is 13.6 Å². The Morgan fingerprint density at radius 1 is 1.26 bits per heavy atom. The van der Waals surface area contributed by atoms with Crippen LogP contribution in [-0.4, -0.2) is 52.6 Å². The Morgan fingerprint density at radius 3 is 2.67 bits per heavy atom. The molecule has 0 unspecified atom stereocenters. The van der Waals surface area contributed by atoms with Crippen molar-refractivity contribution in [1.29, 1.82) is 0 Å². The number of amides is 1. The average Bonchev–Trinajstić information content (AvgIpc) is 3.29. The zero-order valence-electron chi connectivity index (χ0n) is 15.2. The maximum absolute atomic E-state index is 12.7. The Kier molecular flexibility index (Phi) is 5.53. The van der Waals surface area contributed by atoms with Crippen LogP contribution < -0.4 is 0 Å². The minimum Gasteiger partial charge on any atom is -0.337 e. The molecule has 1 aromatic heterocycles. The molecule has 1 aromatic carbocycles. The van der Waals surface area contributed by atoms with Gasteiger partial charge in [0.1, 0.15) is 5.69 Å². The maximum atomic E-state index is 12.7. The highest BCUT2D eigenvalue weighted by Gasteiger charge is 2.47. The molecule has 2 aromatic rings. The van der Waals surface area contributed by atoms with Gasteiger partial charge in [-0.05, 0) is 37.1 Å². The van der Waals surface area contributed by atoms with Crippen LogP contribution in [0.3, 0.4) is 0 Å². The second-order valence-corrected chi connectivity index (χ2v) is 7.38. The number of halogens is 3. The quantitative estimate of drug-likeness (QED) is 0.864. The number of nitrogens with one attached hydrogen (secondary N) is 1. The van der Waals surface area contributed by atoms with E-state index in [1.165, 1.54) is 11.1 Å². The van der Waals surface area contributed by atoms with Crippen LogP contribution in [0.2, 0.25) is 0 Å². The van der Waals surface area contributed by atoms with Gasteiger partial charge in [-0.15, -0.1) is 12.4 Å². The van der Waals surface area contributed by atoms with Crippen LogP contribution in [0.15, 0.2) is 30.3 Å². The number of carbonyl (C=O) groups excluding carboxylic acids is 1. The third kappa shape index (κ3) is 3.46. The number of likely N-dealkylation sites (tertiary alicyclic amines) is 2. The minimum absolute atomic E-state index is 0. The Bertz CT molecular complexity index is 828. The molecular formula is C19H23ClF2N4O. The number of alkyl halides is 2. The highest BCUT2D eigenvalue weighted by molar-refractivity contribution is 5.92. The van der Waals surface area contributed by atoms with Crippen LogP contribution in [0.1, 0.15) is 39.8 Å². The van der Waals surface area contributed by atoms with E-state index in [9.17, 15) is 13.6 Å². The predicted molar refractivity (Wildman–Crippen MR) is 100 cm³/mol. The van der Waals surface area contributed by atoms with E-state index in [2.05, 4.69) is 47.3 Å². The molecule has 3 heterocycles. The van der Waals surface area contributed by atoms with Gasteiger partial charge in [-0.25, -0.2) is 8.78 Å². The number of aromatic amines is 1. The smallest absolute Gasteiger partial charge is 0.279 e. The molecule has 0 aliphatic carbocycles. The van der Waals surface area contributed by atoms with Crippen molar-refractivity contribution in [2.24, 2.45) is 11.8 Å². The molecule has 1 amide bonds. The van der Waals surface area contributed by atoms with Crippen LogP contribution >= 0.6 is 12.4 Å². The number of aryl methyl sites for hydroxylation is 1. The first-order chi connectivity index (χ1) is 12.5. The maximum Gasteiger partial charge on any atom is 0.279 e. The van der Waals surface area contributed by atoms with Gasteiger partial charge in [0, 0.05) is 31.6 Å². The molecule has 3 atom stereocenters. The normalized spacial score (nSPS) is 24.9. The molecule has 8 heteroatoms. The van der Waals surface area contributed by atoms with Crippen LogP contribution in [0, 0.1) is 18.8 Å². The van der Waals surface area contributed by atoms with E-state index in [-0.39, 0.29) is 35.7 Å². The Labute approximate surface area is 163 Å². The molecule has 2 fully saturated rings. The Balaban J connectivity index is 0.00000210. The van der Waals surface area contributed by atoms with Gasteiger partial charge >= 0.3 is 0 Å². The van der Waals surface area contributed by atoms with Crippen LogP contribution in [0.4, 0.5) is 8.78 Å². The van der Waals surface area contributed by atoms with Gasteiger partial charge in [0.15, 0.2) is 5.69 Å². The summed E-state index contributed by atoms with van der Waals surface area (Å²) in [5, 5.41) is 6.03. The predicted octanol–water partition coefficient (Wildman–Crippen LogP) is 3.45. The summed E-state index contributed by atoms with van der Waals surface area (Å²) in [6.45, 7) is 4.32. The molecule has 27 heavy (non-hydrogen) atoms. The number of nitrogens with zero attached hydrogens (tertiary/aromatic N) is 3. The number of carbonyl (C=O) groups is 1. The fraction of sp³-hybridized carbons (Fsp3) is 0.474. The largest absolute Gasteiger partial charge is 0.337 e. The summed E-state index contributed by atoms with van der Waals surface area (Å²) >= 11 is 0. The van der Waals surface area contributed by atoms with E-state index in [1.54, 1.807) is 4.90 Å². The molecule has 4 rings (SSSR count). The summed E-state index contributed by atoms with van der Waals surface area (Å²) in [6.07, 6.45) is -2.65. The number of fused-ring (bicyclic) bond motifs is 1. The molecule has 5 nitrogen and oxygen atoms in total. The van der Waals surface area contributed by atoms with Crippen molar-refractivity contribution in [1.82, 2.24) is 20.0 Å². The summed E-state index contributed by atoms with van der Waals surface area (Å²) in [6, 6.07) is 9.79. The number of benzene rings is 1. The summed E-state index contributed by atoms with van der Waals surface area (Å²) < 4.78 is 25.5. The molecule has 2 aliphatic rings. The number of H-pyrrole nitrogens is 1. The first-order valence-electron chi connectivity index (χ1n) is 8.84. The van der Waals surface area contributed by atoms with Crippen molar-refractivity contribution >= 4 is 18.3 Å². The molecule has 0 saturated carbocycles. The van der Waals surface area contributed by atoms with Crippen molar-refractivity contribution in [3.63, 3.8) is 0 Å². The molecule has 146 valence electrons. The van der Waals surface area contributed by atoms with E-state index in [0.29, 0.717) is 24.9 Å². The molecule has 0 radical (unpaired) electrons. The summed E-state index contributed by atoms with van der Waals surface area (Å²) in [5.41, 5.74) is 2.31. The molecule has 0 bridgehead atoms. The Morgan fingerprint density at radius 2 is 2.00 bits per heavy atom. The van der Waals surface area contributed by atoms with Crippen molar-refractivity contribution in [2.45, 2.75) is 19.4 Å². The molecule has 1 N–H and O–H groups in total. The van der Waals surface area contributed by atoms with E-state index < -0.39 is 6.43 Å². The van der Waals surface area contributed by atoms with Crippen molar-refractivity contribution in [2.75, 3.05) is 26.7 Å². The van der Waals surface area contributed by atoms with E-state index in [1.807, 2.05) is 6.07 Å². The second-order valence-electron chi connectivity index (χ2n) is 7.38. The molecular weight excluding hydrogens is 374 g/mol. The molecule has 2 aliphatic heterocycles. The van der Waals surface area contributed by atoms with Gasteiger partial charge in [-0.1, -0.05) is 24.3 Å². The van der Waals surface area contributed by atoms with Gasteiger partial charge < -0.3 is 4.90 Å². The van der Waals surface area contributed by atoms with E-state index >= 15 is 0 Å². The fourth-order valence-electron chi connectivity index (χ4n) is 4.53. The number of hydrogen-bond acceptors (Lipinski definition) is 3. The van der Waals surface area contributed by atoms with Gasteiger partial charge in [0.05, 0.1) is 0 Å². The zero-order chi connectivity index (χ0) is 18.4. The number of rotatable bonds is 3. The highest BCUT2D eigenvalue weighted by Crippen LogP contribution is 2.45. The zero-order valence-corrected chi connectivity index (χ0v) is 16.0. The summed E-state index contributed by atoms with van der Waals surface area (Å²) in [7, 11) is 2.13. The van der Waals surface area contributed by atoms with Crippen LogP contribution in [0.5, 0.6) is 0 Å². The van der Waals surface area contributed by atoms with Gasteiger partial charge in [-0.3, -0.25) is 14.8 Å². The minimum atomic E-state index is -2.65. The number of hydrogen-bond donors (Lipinski definition) is 1. The Hall–Kier alpha value is -1.99. The number of aromatic nitrogens is 2. The van der Waals surface area contributed by atoms with E-state index in [4.69, 9.17) is 0 Å². The summed E-state index contributed by atoms with van der Waals surface area (Å²) in [5.74, 6) is 0.467. The highest BCUT2D eigenvalue weighted by atomic mass is 35.5. The van der Waals surface area contributed by atoms with Gasteiger partial charge in [-0.2, -0.15) is 5.10 Å². The third-order valence-corrected chi connectivity index (χ3v) is 5.74. The SMILES string of the molecule is Cc1ccccc1[C@H]1[C@@H]2CN(C(=O)c3cc(C(F)F)[nH]n3)C[C@@H]2CN1C.Cl. The van der Waals surface area contributed by atoms with E-state index in [0.717, 1.165) is 12.6 Å². The summed E-state index contributed by atoms with van der Waals surface area (Å²) in [4.78, 5) is 16.8. The topological polar surface area (TPSA) is 52.2 Å². The third-order valence-electron chi connectivity index (χ3n) is 5.74. The van der Waals surface area contributed by atoms with Crippen LogP contribution in [0.25, 0.3) is 0 Å². The van der Waals surface area contributed by atoms with Gasteiger partial charge in [0.2, 0.25) is 0 Å².